The number of nitrogens with one attached hydrogen (secondary N) is 2. The van der Waals surface area contributed by atoms with Crippen LogP contribution in [0.2, 0.25) is 0 Å². The van der Waals surface area contributed by atoms with Gasteiger partial charge in [-0.25, -0.2) is 4.79 Å². The Balaban J connectivity index is 1.99. The van der Waals surface area contributed by atoms with Crippen LogP contribution in [0.5, 0.6) is 0 Å². The molecule has 1 aromatic heterocycles. The fourth-order valence-corrected chi connectivity index (χ4v) is 1.80. The summed E-state index contributed by atoms with van der Waals surface area (Å²) in [6.07, 6.45) is 0.482. The highest BCUT2D eigenvalue weighted by atomic mass is 79.9. The molecule has 1 aromatic carbocycles. The van der Waals surface area contributed by atoms with Gasteiger partial charge in [0.1, 0.15) is 6.10 Å². The van der Waals surface area contributed by atoms with Crippen LogP contribution in [0.15, 0.2) is 44.1 Å². The smallest absolute Gasteiger partial charge is 0.410 e. The maximum Gasteiger partial charge on any atom is 0.416 e. The number of oxazole rings is 1. The Bertz CT molecular complexity index is 549. The van der Waals surface area contributed by atoms with Crippen molar-refractivity contribution < 1.29 is 9.52 Å². The van der Waals surface area contributed by atoms with Gasteiger partial charge in [0.25, 0.3) is 0 Å². The van der Waals surface area contributed by atoms with E-state index >= 15 is 0 Å². The van der Waals surface area contributed by atoms with Crippen molar-refractivity contribution in [3.05, 3.63) is 51.2 Å². The quantitative estimate of drug-likeness (QED) is 0.805. The van der Waals surface area contributed by atoms with Crippen molar-refractivity contribution in [2.24, 2.45) is 0 Å². The molecule has 5 nitrogen and oxygen atoms in total. The summed E-state index contributed by atoms with van der Waals surface area (Å²) in [6, 6.07) is 7.56. The second-order valence-corrected chi connectivity index (χ2v) is 4.31. The molecule has 90 valence electrons. The average Bonchev–Trinajstić information content (AvgIpc) is 2.74. The Morgan fingerprint density at radius 1 is 1.47 bits per heavy atom. The van der Waals surface area contributed by atoms with E-state index in [0.717, 1.165) is 10.2 Å². The van der Waals surface area contributed by atoms with Gasteiger partial charge in [-0.15, -0.1) is 0 Å². The monoisotopic (exact) mass is 298 g/mol. The van der Waals surface area contributed by atoms with Crippen LogP contribution in [-0.4, -0.2) is 16.6 Å². The maximum absolute atomic E-state index is 10.8. The van der Waals surface area contributed by atoms with Crippen molar-refractivity contribution in [3.63, 3.8) is 0 Å². The molecule has 0 spiro atoms. The zero-order chi connectivity index (χ0) is 12.3. The minimum absolute atomic E-state index is 0.217. The van der Waals surface area contributed by atoms with E-state index in [9.17, 15) is 9.90 Å². The first kappa shape index (κ1) is 11.9. The van der Waals surface area contributed by atoms with Gasteiger partial charge >= 0.3 is 5.76 Å². The molecule has 2 aromatic rings. The average molecular weight is 299 g/mol. The van der Waals surface area contributed by atoms with Crippen molar-refractivity contribution in [3.8, 4) is 0 Å². The highest BCUT2D eigenvalue weighted by Gasteiger charge is 2.12. The molecule has 3 N–H and O–H groups in total. The Labute approximate surface area is 106 Å². The lowest BCUT2D eigenvalue weighted by molar-refractivity contribution is 0.160. The maximum atomic E-state index is 10.8. The molecule has 1 unspecified atom stereocenters. The first-order valence-electron chi connectivity index (χ1n) is 5.01. The normalized spacial score (nSPS) is 12.4. The number of aromatic amines is 1. The van der Waals surface area contributed by atoms with Crippen molar-refractivity contribution in [1.29, 1.82) is 0 Å². The molecular weight excluding hydrogens is 288 g/mol. The number of benzene rings is 1. The summed E-state index contributed by atoms with van der Waals surface area (Å²) in [4.78, 5) is 13.1. The summed E-state index contributed by atoms with van der Waals surface area (Å²) in [5.74, 6) is -0.352. The lowest BCUT2D eigenvalue weighted by Crippen LogP contribution is -2.12. The number of aliphatic hydroxyl groups excluding tert-OH is 1. The minimum Gasteiger partial charge on any atom is -0.410 e. The molecule has 0 saturated heterocycles. The highest BCUT2D eigenvalue weighted by molar-refractivity contribution is 9.10. The first-order valence-corrected chi connectivity index (χ1v) is 5.81. The van der Waals surface area contributed by atoms with Gasteiger partial charge in [-0.2, -0.15) is 0 Å². The third-order valence-corrected chi connectivity index (χ3v) is 2.92. The molecule has 0 amide bonds. The van der Waals surface area contributed by atoms with E-state index in [1.807, 2.05) is 24.3 Å². The zero-order valence-electron chi connectivity index (χ0n) is 8.81. The molecule has 2 rings (SSSR count). The van der Waals surface area contributed by atoms with Crippen molar-refractivity contribution >= 4 is 21.6 Å². The Hall–Kier alpha value is -1.53. The van der Waals surface area contributed by atoms with Crippen molar-refractivity contribution in [2.75, 3.05) is 11.9 Å². The molecule has 1 heterocycles. The molecule has 17 heavy (non-hydrogen) atoms. The van der Waals surface area contributed by atoms with E-state index in [0.29, 0.717) is 0 Å². The third kappa shape index (κ3) is 2.98. The van der Waals surface area contributed by atoms with Crippen molar-refractivity contribution in [1.82, 2.24) is 4.98 Å². The standard InChI is InChI=1S/C11H11BrN2O3/c12-7-3-1-2-4-8(7)13-5-9(15)10-6-14-11(16)17-10/h1-4,6,9,13,15H,5H2,(H,14,16). The van der Waals surface area contributed by atoms with Crippen LogP contribution in [0.3, 0.4) is 0 Å². The van der Waals surface area contributed by atoms with Crippen LogP contribution in [-0.2, 0) is 0 Å². The fourth-order valence-electron chi connectivity index (χ4n) is 1.37. The number of hydrogen-bond donors (Lipinski definition) is 3. The second-order valence-electron chi connectivity index (χ2n) is 3.46. The first-order chi connectivity index (χ1) is 8.16. The molecule has 6 heteroatoms. The topological polar surface area (TPSA) is 78.3 Å². The van der Waals surface area contributed by atoms with Gasteiger partial charge in [0, 0.05) is 22.9 Å². The predicted molar refractivity (Wildman–Crippen MR) is 66.9 cm³/mol. The number of aromatic nitrogens is 1. The van der Waals surface area contributed by atoms with Crippen LogP contribution in [0, 0.1) is 0 Å². The van der Waals surface area contributed by atoms with Gasteiger partial charge in [-0.3, -0.25) is 4.98 Å². The van der Waals surface area contributed by atoms with E-state index in [4.69, 9.17) is 4.42 Å². The largest absolute Gasteiger partial charge is 0.416 e. The zero-order valence-corrected chi connectivity index (χ0v) is 10.4. The van der Waals surface area contributed by atoms with E-state index in [1.165, 1.54) is 6.20 Å². The van der Waals surface area contributed by atoms with Gasteiger partial charge in [-0.1, -0.05) is 12.1 Å². The number of rotatable bonds is 4. The SMILES string of the molecule is O=c1[nH]cc(C(O)CNc2ccccc2Br)o1. The Morgan fingerprint density at radius 2 is 2.24 bits per heavy atom. The van der Waals surface area contributed by atoms with Crippen LogP contribution < -0.4 is 11.1 Å². The number of halogens is 1. The van der Waals surface area contributed by atoms with E-state index < -0.39 is 11.9 Å². The van der Waals surface area contributed by atoms with Crippen LogP contribution >= 0.6 is 15.9 Å². The summed E-state index contributed by atoms with van der Waals surface area (Å²) in [6.45, 7) is 0.253. The molecule has 0 aliphatic rings. The minimum atomic E-state index is -0.874. The van der Waals surface area contributed by atoms with Crippen LogP contribution in [0.25, 0.3) is 0 Å². The summed E-state index contributed by atoms with van der Waals surface area (Å²) < 4.78 is 5.66. The summed E-state index contributed by atoms with van der Waals surface area (Å²) >= 11 is 3.38. The molecule has 0 aliphatic carbocycles. The van der Waals surface area contributed by atoms with Gasteiger partial charge in [-0.05, 0) is 28.1 Å². The van der Waals surface area contributed by atoms with Gasteiger partial charge < -0.3 is 14.8 Å². The van der Waals surface area contributed by atoms with Crippen LogP contribution in [0.4, 0.5) is 5.69 Å². The van der Waals surface area contributed by atoms with Gasteiger partial charge in [0.2, 0.25) is 0 Å². The molecule has 1 atom stereocenters. The highest BCUT2D eigenvalue weighted by Crippen LogP contribution is 2.22. The number of hydrogen-bond acceptors (Lipinski definition) is 4. The van der Waals surface area contributed by atoms with E-state index in [-0.39, 0.29) is 12.3 Å². The molecular formula is C11H11BrN2O3. The summed E-state index contributed by atoms with van der Waals surface area (Å²) in [5, 5.41) is 12.8. The van der Waals surface area contributed by atoms with E-state index in [1.54, 1.807) is 0 Å². The Kier molecular flexibility index (Phi) is 3.65. The summed E-state index contributed by atoms with van der Waals surface area (Å²) in [7, 11) is 0. The molecule has 0 fully saturated rings. The molecule has 0 bridgehead atoms. The lowest BCUT2D eigenvalue weighted by Gasteiger charge is -2.11. The number of aliphatic hydroxyl groups is 1. The fraction of sp³-hybridized carbons (Fsp3) is 0.182. The number of anilines is 1. The van der Waals surface area contributed by atoms with Gasteiger partial charge in [0.15, 0.2) is 5.76 Å². The number of para-hydroxylation sites is 1. The predicted octanol–water partition coefficient (Wildman–Crippen LogP) is 1.88. The molecule has 0 saturated carbocycles. The molecule has 0 aliphatic heterocycles. The third-order valence-electron chi connectivity index (χ3n) is 2.23. The number of H-pyrrole nitrogens is 1. The summed E-state index contributed by atoms with van der Waals surface area (Å²) in [5.41, 5.74) is 0.865. The lowest BCUT2D eigenvalue weighted by atomic mass is 10.2. The molecule has 0 radical (unpaired) electrons. The second kappa shape index (κ2) is 5.20. The Morgan fingerprint density at radius 3 is 2.88 bits per heavy atom. The van der Waals surface area contributed by atoms with Crippen molar-refractivity contribution in [2.45, 2.75) is 6.10 Å². The van der Waals surface area contributed by atoms with Gasteiger partial charge in [0.05, 0.1) is 0 Å². The van der Waals surface area contributed by atoms with Crippen LogP contribution in [0.1, 0.15) is 11.9 Å². The van der Waals surface area contributed by atoms with E-state index in [2.05, 4.69) is 26.2 Å².